The van der Waals surface area contributed by atoms with Gasteiger partial charge in [0.25, 0.3) is 22.9 Å². The molecule has 0 bridgehead atoms. The fourth-order valence-electron chi connectivity index (χ4n) is 8.89. The number of sulfonamides is 1. The Morgan fingerprint density at radius 3 is 1.99 bits per heavy atom. The van der Waals surface area contributed by atoms with Gasteiger partial charge in [0.05, 0.1) is 38.7 Å². The smallest absolute Gasteiger partial charge is 0.260 e. The molecule has 0 aliphatic heterocycles. The standard InChI is InChI=1S/C48H49Cl2N15O7S/c1-6-73(70,71)55-18-21-63-33(23-28-11-8-13-31(50)36(28)46(63)69)26(3)57-44(67)38-40(52)60-65-29(14-17-54-42(38)65)24-48(4,5)47-58-34(61-72-47)15-20-62-32(22-27-10-7-12-30(49)35(27)45(62)68)25(2)56-43(66)37-39(51)59-64-19-9-16-53-41(37)64/h7-14,16-17,19,22-23,25-26,55H,6,15,18,20-21,24H2,1-5H3,(H2,51,59)(H2,52,60)(H,56,66)(H,57,67). The van der Waals surface area contributed by atoms with Crippen LogP contribution in [0.15, 0.2) is 93.4 Å². The van der Waals surface area contributed by atoms with Crippen molar-refractivity contribution in [1.29, 1.82) is 0 Å². The fourth-order valence-corrected chi connectivity index (χ4v) is 10.0. The molecule has 25 heteroatoms. The van der Waals surface area contributed by atoms with Gasteiger partial charge in [0.1, 0.15) is 11.1 Å². The summed E-state index contributed by atoms with van der Waals surface area (Å²) in [4.78, 5) is 69.4. The molecule has 7 aromatic heterocycles. The number of nitrogens with one attached hydrogen (secondary N) is 3. The molecule has 0 fully saturated rings. The highest BCUT2D eigenvalue weighted by Gasteiger charge is 2.32. The molecule has 0 radical (unpaired) electrons. The third-order valence-electron chi connectivity index (χ3n) is 12.6. The molecule has 9 rings (SSSR count). The van der Waals surface area contributed by atoms with Gasteiger partial charge in [0, 0.05) is 73.6 Å². The van der Waals surface area contributed by atoms with Gasteiger partial charge in [-0.2, -0.15) is 4.98 Å². The number of carbonyl (C=O) groups excluding carboxylic acids is 2. The predicted octanol–water partition coefficient (Wildman–Crippen LogP) is 4.94. The Balaban J connectivity index is 0.939. The Morgan fingerprint density at radius 2 is 1.37 bits per heavy atom. The van der Waals surface area contributed by atoms with Crippen molar-refractivity contribution in [2.24, 2.45) is 0 Å². The van der Waals surface area contributed by atoms with E-state index >= 15 is 0 Å². The summed E-state index contributed by atoms with van der Waals surface area (Å²) in [5.74, 6) is -0.810. The van der Waals surface area contributed by atoms with E-state index in [0.29, 0.717) is 39.1 Å². The van der Waals surface area contributed by atoms with Gasteiger partial charge in [-0.05, 0) is 67.9 Å². The summed E-state index contributed by atoms with van der Waals surface area (Å²) >= 11 is 13.0. The summed E-state index contributed by atoms with van der Waals surface area (Å²) in [6, 6.07) is 15.6. The lowest BCUT2D eigenvalue weighted by Crippen LogP contribution is -2.36. The number of benzene rings is 2. The van der Waals surface area contributed by atoms with E-state index in [1.54, 1.807) is 80.7 Å². The van der Waals surface area contributed by atoms with E-state index < -0.39 is 44.9 Å². The molecule has 9 aromatic rings. The molecule has 0 spiro atoms. The number of nitrogens with two attached hydrogens (primary N) is 2. The van der Waals surface area contributed by atoms with E-state index in [9.17, 15) is 27.6 Å². The van der Waals surface area contributed by atoms with Crippen LogP contribution in [0.4, 0.5) is 11.6 Å². The zero-order valence-electron chi connectivity index (χ0n) is 40.1. The first-order valence-corrected chi connectivity index (χ1v) is 25.4. The average molecular weight is 1050 g/mol. The first-order chi connectivity index (χ1) is 34.8. The van der Waals surface area contributed by atoms with E-state index in [-0.39, 0.29) is 99.2 Å². The minimum absolute atomic E-state index is 0.00163. The number of pyridine rings is 2. The Labute approximate surface area is 425 Å². The number of hydrogen-bond donors (Lipinski definition) is 5. The largest absolute Gasteiger partial charge is 0.381 e. The summed E-state index contributed by atoms with van der Waals surface area (Å²) in [7, 11) is -3.56. The molecule has 378 valence electrons. The predicted molar refractivity (Wildman–Crippen MR) is 275 cm³/mol. The number of rotatable bonds is 17. The van der Waals surface area contributed by atoms with E-state index in [1.165, 1.54) is 37.5 Å². The van der Waals surface area contributed by atoms with Crippen molar-refractivity contribution in [3.63, 3.8) is 0 Å². The monoisotopic (exact) mass is 1050 g/mol. The number of aryl methyl sites for hydroxylation is 1. The lowest BCUT2D eigenvalue weighted by Gasteiger charge is -2.21. The van der Waals surface area contributed by atoms with Gasteiger partial charge in [0.2, 0.25) is 15.9 Å². The van der Waals surface area contributed by atoms with Crippen molar-refractivity contribution in [3.8, 4) is 0 Å². The maximum Gasteiger partial charge on any atom is 0.260 e. The Morgan fingerprint density at radius 1 is 0.795 bits per heavy atom. The lowest BCUT2D eigenvalue weighted by molar-refractivity contribution is 0.0932. The highest BCUT2D eigenvalue weighted by molar-refractivity contribution is 7.89. The molecule has 0 saturated heterocycles. The third kappa shape index (κ3) is 9.70. The molecule has 7 N–H and O–H groups in total. The number of fused-ring (bicyclic) bond motifs is 4. The van der Waals surface area contributed by atoms with Gasteiger partial charge in [-0.1, -0.05) is 66.5 Å². The van der Waals surface area contributed by atoms with E-state index in [1.807, 2.05) is 13.8 Å². The molecule has 0 saturated carbocycles. The van der Waals surface area contributed by atoms with Crippen molar-refractivity contribution in [3.05, 3.63) is 150 Å². The summed E-state index contributed by atoms with van der Waals surface area (Å²) < 4.78 is 38.6. The first kappa shape index (κ1) is 50.2. The molecule has 73 heavy (non-hydrogen) atoms. The van der Waals surface area contributed by atoms with Crippen LogP contribution in [-0.4, -0.2) is 81.0 Å². The first-order valence-electron chi connectivity index (χ1n) is 23.0. The second kappa shape index (κ2) is 19.7. The average Bonchev–Trinajstić information content (AvgIpc) is 4.06. The van der Waals surface area contributed by atoms with Crippen LogP contribution in [0.5, 0.6) is 0 Å². The van der Waals surface area contributed by atoms with Gasteiger partial charge in [0.15, 0.2) is 28.8 Å². The number of amides is 2. The molecule has 0 aliphatic carbocycles. The molecule has 7 heterocycles. The van der Waals surface area contributed by atoms with E-state index in [4.69, 9.17) is 44.2 Å². The molecule has 2 unspecified atom stereocenters. The van der Waals surface area contributed by atoms with Gasteiger partial charge >= 0.3 is 0 Å². The molecule has 22 nitrogen and oxygen atoms in total. The maximum absolute atomic E-state index is 14.2. The zero-order valence-corrected chi connectivity index (χ0v) is 42.4. The topological polar surface area (TPSA) is 300 Å². The van der Waals surface area contributed by atoms with E-state index in [2.05, 4.69) is 40.7 Å². The minimum Gasteiger partial charge on any atom is -0.381 e. The normalized spacial score (nSPS) is 13.0. The Bertz CT molecular complexity index is 3900. The van der Waals surface area contributed by atoms with Crippen molar-refractivity contribution >= 4 is 89.5 Å². The van der Waals surface area contributed by atoms with Crippen LogP contribution in [0, 0.1) is 0 Å². The van der Waals surface area contributed by atoms with Crippen molar-refractivity contribution < 1.29 is 22.5 Å². The second-order valence-corrected chi connectivity index (χ2v) is 21.0. The van der Waals surface area contributed by atoms with Gasteiger partial charge in [-0.3, -0.25) is 19.2 Å². The molecule has 2 aromatic carbocycles. The Kier molecular flexibility index (Phi) is 13.6. The SMILES string of the molecule is CCS(=O)(=O)NCCn1c(C(C)NC(=O)c2c(N)nn3c(CC(C)(C)c4nc(CCn5c(C(C)NC(=O)c6c(N)nn7cccnc67)cc6cccc(Cl)c6c5=O)no4)ccnc23)cc2cccc(Cl)c2c1=O. The van der Waals surface area contributed by atoms with Crippen LogP contribution in [0.2, 0.25) is 10.0 Å². The molecular formula is C48H49Cl2N15O7S. The second-order valence-electron chi connectivity index (χ2n) is 18.1. The van der Waals surface area contributed by atoms with Crippen LogP contribution in [-0.2, 0) is 41.4 Å². The zero-order chi connectivity index (χ0) is 52.1. The number of anilines is 2. The summed E-state index contributed by atoms with van der Waals surface area (Å²) in [6.07, 6.45) is 5.11. The molecule has 0 aliphatic rings. The third-order valence-corrected chi connectivity index (χ3v) is 14.6. The van der Waals surface area contributed by atoms with Crippen molar-refractivity contribution in [1.82, 2.24) is 63.8 Å². The highest BCUT2D eigenvalue weighted by Crippen LogP contribution is 2.30. The molecule has 2 amide bonds. The highest BCUT2D eigenvalue weighted by atomic mass is 35.5. The maximum atomic E-state index is 14.2. The fraction of sp³-hybridized carbons (Fsp3) is 0.292. The number of nitrogen functional groups attached to an aromatic ring is 2. The van der Waals surface area contributed by atoms with Crippen LogP contribution < -0.4 is 37.9 Å². The summed E-state index contributed by atoms with van der Waals surface area (Å²) in [6.45, 7) is 8.69. The quantitative estimate of drug-likeness (QED) is 0.0807. The molecular weight excluding hydrogens is 1000 g/mol. The van der Waals surface area contributed by atoms with Gasteiger partial charge in [-0.15, -0.1) is 10.2 Å². The van der Waals surface area contributed by atoms with Gasteiger partial charge < -0.3 is 35.8 Å². The summed E-state index contributed by atoms with van der Waals surface area (Å²) in [5.41, 5.74) is 12.9. The molecule has 2 atom stereocenters. The lowest BCUT2D eigenvalue weighted by atomic mass is 9.87. The number of hydrogen-bond acceptors (Lipinski definition) is 15. The number of aromatic nitrogens is 10. The number of carbonyl (C=O) groups is 2. The van der Waals surface area contributed by atoms with Crippen LogP contribution >= 0.6 is 23.2 Å². The minimum atomic E-state index is -3.56. The number of halogens is 2. The van der Waals surface area contributed by atoms with Crippen molar-refractivity contribution in [2.45, 2.75) is 78.0 Å². The summed E-state index contributed by atoms with van der Waals surface area (Å²) in [5, 5.41) is 21.1. The Hall–Kier alpha value is -7.73. The van der Waals surface area contributed by atoms with Crippen LogP contribution in [0.1, 0.15) is 96.2 Å². The van der Waals surface area contributed by atoms with Crippen LogP contribution in [0.25, 0.3) is 32.8 Å². The van der Waals surface area contributed by atoms with Crippen LogP contribution in [0.3, 0.4) is 0 Å². The van der Waals surface area contributed by atoms with Crippen molar-refractivity contribution in [2.75, 3.05) is 23.8 Å². The number of nitrogens with zero attached hydrogens (tertiary/aromatic N) is 10. The van der Waals surface area contributed by atoms with Gasteiger partial charge in [-0.25, -0.2) is 32.1 Å². The van der Waals surface area contributed by atoms with E-state index in [0.717, 1.165) is 0 Å².